The van der Waals surface area contributed by atoms with Gasteiger partial charge in [-0.05, 0) is 33.3 Å². The maximum atomic E-state index is 13.6. The molecule has 0 aromatic carbocycles. The summed E-state index contributed by atoms with van der Waals surface area (Å²) in [5, 5.41) is 28.2. The van der Waals surface area contributed by atoms with Gasteiger partial charge in [0.05, 0.1) is 11.8 Å². The molecule has 0 spiro atoms. The maximum absolute atomic E-state index is 13.6. The van der Waals surface area contributed by atoms with E-state index in [2.05, 4.69) is 61.4 Å². The molecule has 0 amide bonds. The van der Waals surface area contributed by atoms with Gasteiger partial charge in [0.2, 0.25) is 11.9 Å². The van der Waals surface area contributed by atoms with E-state index in [4.69, 9.17) is 0 Å². The number of rotatable bonds is 4. The zero-order valence-electron chi connectivity index (χ0n) is 16.5. The van der Waals surface area contributed by atoms with Crippen LogP contribution in [0.25, 0.3) is 22.5 Å². The van der Waals surface area contributed by atoms with Crippen molar-refractivity contribution in [2.75, 3.05) is 18.0 Å². The summed E-state index contributed by atoms with van der Waals surface area (Å²) in [4.78, 5) is 10.7. The Bertz CT molecular complexity index is 998. The molecule has 4 rings (SSSR count). The Morgan fingerprint density at radius 3 is 2.69 bits per heavy atom. The molecule has 0 bridgehead atoms. The number of nitrogens with zero attached hydrogens (tertiary/aromatic N) is 6. The molecule has 9 nitrogen and oxygen atoms in total. The summed E-state index contributed by atoms with van der Waals surface area (Å²) >= 11 is 0. The summed E-state index contributed by atoms with van der Waals surface area (Å²) in [7, 11) is 0. The van der Waals surface area contributed by atoms with Gasteiger partial charge in [0.15, 0.2) is 0 Å². The number of aromatic amines is 1. The standard InChI is InChI=1S/C19H23FN8O/c1-19(2,3)24-12-4-5-28(10-12)18-22-9-14(25-27-18)16-15(29)6-11(7-21-16)13-8-23-26-17(13)20/h6-9,12,24,29H,4-5,10H2,1-3H3,(H,23,26)/t12-/m0/s1. The lowest BCUT2D eigenvalue weighted by atomic mass is 10.1. The first-order valence-electron chi connectivity index (χ1n) is 9.41. The molecule has 1 saturated heterocycles. The Kier molecular flexibility index (Phi) is 4.87. The van der Waals surface area contributed by atoms with E-state index in [1.54, 1.807) is 0 Å². The lowest BCUT2D eigenvalue weighted by molar-refractivity contribution is 0.373. The molecule has 0 radical (unpaired) electrons. The van der Waals surface area contributed by atoms with Crippen molar-refractivity contribution in [1.82, 2.24) is 35.7 Å². The molecule has 1 fully saturated rings. The fraction of sp³-hybridized carbons (Fsp3) is 0.421. The molecule has 10 heteroatoms. The van der Waals surface area contributed by atoms with E-state index in [9.17, 15) is 9.50 Å². The van der Waals surface area contributed by atoms with Crippen molar-refractivity contribution < 1.29 is 9.50 Å². The van der Waals surface area contributed by atoms with Crippen LogP contribution in [0, 0.1) is 5.95 Å². The van der Waals surface area contributed by atoms with Gasteiger partial charge < -0.3 is 15.3 Å². The Balaban J connectivity index is 1.49. The van der Waals surface area contributed by atoms with E-state index < -0.39 is 5.95 Å². The SMILES string of the molecule is CC(C)(C)N[C@H]1CCN(c2ncc(-c3ncc(-c4c[nH]nc4F)cc3O)nn2)C1. The number of H-pyrrole nitrogens is 1. The van der Waals surface area contributed by atoms with Gasteiger partial charge >= 0.3 is 0 Å². The summed E-state index contributed by atoms with van der Waals surface area (Å²) in [6.07, 6.45) is 5.39. The monoisotopic (exact) mass is 398 g/mol. The van der Waals surface area contributed by atoms with Crippen LogP contribution in [0.3, 0.4) is 0 Å². The van der Waals surface area contributed by atoms with Crippen LogP contribution >= 0.6 is 0 Å². The van der Waals surface area contributed by atoms with Crippen LogP contribution in [-0.2, 0) is 0 Å². The molecule has 0 unspecified atom stereocenters. The summed E-state index contributed by atoms with van der Waals surface area (Å²) in [6.45, 7) is 8.10. The zero-order chi connectivity index (χ0) is 20.6. The van der Waals surface area contributed by atoms with Gasteiger partial charge in [-0.3, -0.25) is 5.10 Å². The van der Waals surface area contributed by atoms with Crippen molar-refractivity contribution in [1.29, 1.82) is 0 Å². The van der Waals surface area contributed by atoms with Gasteiger partial charge in [-0.1, -0.05) is 0 Å². The summed E-state index contributed by atoms with van der Waals surface area (Å²) in [5.74, 6) is -0.249. The molecule has 3 aromatic rings. The van der Waals surface area contributed by atoms with E-state index in [-0.39, 0.29) is 22.5 Å². The van der Waals surface area contributed by atoms with Crippen molar-refractivity contribution in [2.45, 2.75) is 38.8 Å². The Morgan fingerprint density at radius 2 is 2.07 bits per heavy atom. The highest BCUT2D eigenvalue weighted by atomic mass is 19.1. The second-order valence-corrected chi connectivity index (χ2v) is 8.15. The topological polar surface area (TPSA) is 116 Å². The number of hydrogen-bond donors (Lipinski definition) is 3. The molecule has 0 aliphatic carbocycles. The molecule has 1 aliphatic heterocycles. The van der Waals surface area contributed by atoms with Crippen LogP contribution in [0.4, 0.5) is 10.3 Å². The van der Waals surface area contributed by atoms with Crippen LogP contribution in [0.15, 0.2) is 24.7 Å². The molecular formula is C19H23FN8O. The second-order valence-electron chi connectivity index (χ2n) is 8.15. The van der Waals surface area contributed by atoms with Gasteiger partial charge in [0.25, 0.3) is 0 Å². The summed E-state index contributed by atoms with van der Waals surface area (Å²) in [5.41, 5.74) is 1.26. The molecule has 1 atom stereocenters. The van der Waals surface area contributed by atoms with Crippen molar-refractivity contribution >= 4 is 5.95 Å². The first-order chi connectivity index (χ1) is 13.8. The van der Waals surface area contributed by atoms with Crippen molar-refractivity contribution in [2.24, 2.45) is 0 Å². The number of hydrogen-bond acceptors (Lipinski definition) is 8. The van der Waals surface area contributed by atoms with Crippen LogP contribution < -0.4 is 10.2 Å². The second kappa shape index (κ2) is 7.36. The molecule has 4 heterocycles. The van der Waals surface area contributed by atoms with E-state index in [1.807, 2.05) is 0 Å². The van der Waals surface area contributed by atoms with E-state index >= 15 is 0 Å². The highest BCUT2D eigenvalue weighted by Crippen LogP contribution is 2.30. The third-order valence-electron chi connectivity index (χ3n) is 4.67. The molecule has 1 aliphatic rings. The van der Waals surface area contributed by atoms with Crippen LogP contribution in [0.5, 0.6) is 5.75 Å². The Hall–Kier alpha value is -3.14. The number of pyridine rings is 1. The first-order valence-corrected chi connectivity index (χ1v) is 9.41. The normalized spacial score (nSPS) is 17.1. The van der Waals surface area contributed by atoms with Gasteiger partial charge in [0.1, 0.15) is 17.1 Å². The average Bonchev–Trinajstić information content (AvgIpc) is 3.29. The highest BCUT2D eigenvalue weighted by molar-refractivity contribution is 5.69. The van der Waals surface area contributed by atoms with Crippen molar-refractivity contribution in [3.8, 4) is 28.3 Å². The van der Waals surface area contributed by atoms with Gasteiger partial charge in [-0.2, -0.15) is 4.39 Å². The lowest BCUT2D eigenvalue weighted by Crippen LogP contribution is -2.45. The Labute approximate surface area is 167 Å². The number of halogens is 1. The number of nitrogens with one attached hydrogen (secondary N) is 2. The predicted octanol–water partition coefficient (Wildman–Crippen LogP) is 2.14. The fourth-order valence-corrected chi connectivity index (χ4v) is 3.47. The average molecular weight is 398 g/mol. The highest BCUT2D eigenvalue weighted by Gasteiger charge is 2.27. The molecule has 0 saturated carbocycles. The molecular weight excluding hydrogens is 375 g/mol. The quantitative estimate of drug-likeness (QED) is 0.612. The van der Waals surface area contributed by atoms with E-state index in [0.717, 1.165) is 19.5 Å². The van der Waals surface area contributed by atoms with Crippen molar-refractivity contribution in [3.05, 3.63) is 30.6 Å². The molecule has 3 aromatic heterocycles. The molecule has 152 valence electrons. The van der Waals surface area contributed by atoms with Gasteiger partial charge in [-0.15, -0.1) is 15.3 Å². The van der Waals surface area contributed by atoms with Crippen molar-refractivity contribution in [3.63, 3.8) is 0 Å². The lowest BCUT2D eigenvalue weighted by Gasteiger charge is -2.25. The summed E-state index contributed by atoms with van der Waals surface area (Å²) < 4.78 is 13.6. The maximum Gasteiger partial charge on any atom is 0.245 e. The van der Waals surface area contributed by atoms with Crippen LogP contribution in [-0.4, -0.2) is 60.1 Å². The van der Waals surface area contributed by atoms with E-state index in [0.29, 0.717) is 23.2 Å². The predicted molar refractivity (Wildman–Crippen MR) is 106 cm³/mol. The van der Waals surface area contributed by atoms with Gasteiger partial charge in [-0.25, -0.2) is 9.97 Å². The molecule has 29 heavy (non-hydrogen) atoms. The minimum Gasteiger partial charge on any atom is -0.506 e. The third kappa shape index (κ3) is 4.16. The minimum absolute atomic E-state index is 0.0539. The number of aromatic hydroxyl groups is 1. The first kappa shape index (κ1) is 19.2. The van der Waals surface area contributed by atoms with Gasteiger partial charge in [0, 0.05) is 42.6 Å². The largest absolute Gasteiger partial charge is 0.506 e. The summed E-state index contributed by atoms with van der Waals surface area (Å²) in [6, 6.07) is 1.79. The van der Waals surface area contributed by atoms with Crippen LogP contribution in [0.2, 0.25) is 0 Å². The third-order valence-corrected chi connectivity index (χ3v) is 4.67. The molecule has 3 N–H and O–H groups in total. The fourth-order valence-electron chi connectivity index (χ4n) is 3.47. The number of aromatic nitrogens is 6. The smallest absolute Gasteiger partial charge is 0.245 e. The Morgan fingerprint density at radius 1 is 1.24 bits per heavy atom. The minimum atomic E-state index is -0.658. The van der Waals surface area contributed by atoms with E-state index in [1.165, 1.54) is 24.7 Å². The number of anilines is 1. The van der Waals surface area contributed by atoms with Crippen LogP contribution in [0.1, 0.15) is 27.2 Å². The zero-order valence-corrected chi connectivity index (χ0v) is 16.5.